The number of nitriles is 1. The summed E-state index contributed by atoms with van der Waals surface area (Å²) < 4.78 is 47.6. The lowest BCUT2D eigenvalue weighted by atomic mass is 9.94. The lowest BCUT2D eigenvalue weighted by molar-refractivity contribution is 0.102. The Morgan fingerprint density at radius 3 is 2.69 bits per heavy atom. The monoisotopic (exact) mass is 367 g/mol. The van der Waals surface area contributed by atoms with Gasteiger partial charge in [0.1, 0.15) is 5.70 Å². The number of hydrogen-bond donors (Lipinski definition) is 0. The van der Waals surface area contributed by atoms with Crippen LogP contribution in [0.3, 0.4) is 0 Å². The van der Waals surface area contributed by atoms with Crippen LogP contribution in [0.2, 0.25) is 0 Å². The van der Waals surface area contributed by atoms with Crippen LogP contribution in [0.5, 0.6) is 0 Å². The zero-order valence-corrected chi connectivity index (χ0v) is 14.9. The summed E-state index contributed by atoms with van der Waals surface area (Å²) in [6.45, 7) is 2.22. The second kappa shape index (κ2) is 10.1. The van der Waals surface area contributed by atoms with Gasteiger partial charge >= 0.3 is 0 Å². The maximum Gasteiger partial charge on any atom is 0.197 e. The fourth-order valence-electron chi connectivity index (χ4n) is 2.79. The van der Waals surface area contributed by atoms with Gasteiger partial charge in [0.2, 0.25) is 0 Å². The molecule has 0 aromatic rings. The van der Waals surface area contributed by atoms with Crippen molar-refractivity contribution >= 4 is 0 Å². The number of allylic oxidation sites excluding steroid dienone is 6. The Bertz CT molecular complexity index is 649. The highest BCUT2D eigenvalue weighted by Crippen LogP contribution is 2.33. The van der Waals surface area contributed by atoms with Crippen LogP contribution in [-0.4, -0.2) is 19.0 Å². The first-order valence-electron chi connectivity index (χ1n) is 9.09. The first kappa shape index (κ1) is 20.2. The molecule has 142 valence electrons. The number of hydrogen-bond acceptors (Lipinski definition) is 4. The van der Waals surface area contributed by atoms with Gasteiger partial charge in [-0.1, -0.05) is 32.3 Å². The van der Waals surface area contributed by atoms with E-state index in [1.54, 1.807) is 6.08 Å². The van der Waals surface area contributed by atoms with Crippen molar-refractivity contribution in [1.29, 1.82) is 5.26 Å². The van der Waals surface area contributed by atoms with Crippen molar-refractivity contribution in [2.24, 2.45) is 16.1 Å². The number of halogens is 3. The quantitative estimate of drug-likeness (QED) is 0.390. The van der Waals surface area contributed by atoms with Gasteiger partial charge in [0, 0.05) is 6.08 Å². The Morgan fingerprint density at radius 2 is 2.04 bits per heavy atom. The molecule has 0 amide bonds. The molecule has 3 atom stereocenters. The average Bonchev–Trinajstić information content (AvgIpc) is 2.66. The molecule has 0 radical (unpaired) electrons. The molecule has 0 fully saturated rings. The molecule has 4 nitrogen and oxygen atoms in total. The largest absolute Gasteiger partial charge is 0.492 e. The zero-order chi connectivity index (χ0) is 18.9. The van der Waals surface area contributed by atoms with Gasteiger partial charge in [-0.15, -0.1) is 0 Å². The fourth-order valence-corrected chi connectivity index (χ4v) is 2.79. The average molecular weight is 367 g/mol. The summed E-state index contributed by atoms with van der Waals surface area (Å²) in [5.41, 5.74) is 0.207. The molecular formula is C19H24F3N3O. The van der Waals surface area contributed by atoms with Gasteiger partial charge in [-0.2, -0.15) is 15.5 Å². The number of alkyl halides is 2. The first-order chi connectivity index (χ1) is 12.6. The molecule has 0 spiro atoms. The molecule has 2 aliphatic carbocycles. The van der Waals surface area contributed by atoms with Crippen molar-refractivity contribution in [1.82, 2.24) is 0 Å². The third-order valence-electron chi connectivity index (χ3n) is 4.42. The van der Waals surface area contributed by atoms with Crippen molar-refractivity contribution in [2.75, 3.05) is 6.61 Å². The SMILES string of the molecule is CCCCCCOC1=C(F)C=C(N=NC2=CCC(C#N)CC2)C(F)C1F. The summed E-state index contributed by atoms with van der Waals surface area (Å²) in [4.78, 5) is 0. The summed E-state index contributed by atoms with van der Waals surface area (Å²) in [5.74, 6) is -1.59. The van der Waals surface area contributed by atoms with Gasteiger partial charge in [-0.25, -0.2) is 13.2 Å². The van der Waals surface area contributed by atoms with Crippen LogP contribution >= 0.6 is 0 Å². The lowest BCUT2D eigenvalue weighted by Gasteiger charge is -2.22. The van der Waals surface area contributed by atoms with Gasteiger partial charge in [-0.05, 0) is 25.7 Å². The topological polar surface area (TPSA) is 57.7 Å². The first-order valence-corrected chi connectivity index (χ1v) is 9.09. The molecule has 3 unspecified atom stereocenters. The molecule has 2 rings (SSSR count). The highest BCUT2D eigenvalue weighted by molar-refractivity contribution is 5.32. The number of rotatable bonds is 8. The van der Waals surface area contributed by atoms with Crippen LogP contribution in [-0.2, 0) is 4.74 Å². The second-order valence-corrected chi connectivity index (χ2v) is 6.49. The molecule has 2 aliphatic rings. The van der Waals surface area contributed by atoms with Crippen molar-refractivity contribution in [3.05, 3.63) is 35.1 Å². The summed E-state index contributed by atoms with van der Waals surface area (Å²) >= 11 is 0. The Labute approximate surface area is 152 Å². The van der Waals surface area contributed by atoms with E-state index in [1.807, 2.05) is 0 Å². The number of nitrogens with zero attached hydrogens (tertiary/aromatic N) is 3. The highest BCUT2D eigenvalue weighted by atomic mass is 19.2. The number of ether oxygens (including phenoxy) is 1. The minimum atomic E-state index is -2.22. The smallest absolute Gasteiger partial charge is 0.197 e. The van der Waals surface area contributed by atoms with E-state index in [0.29, 0.717) is 31.4 Å². The van der Waals surface area contributed by atoms with Gasteiger partial charge in [0.15, 0.2) is 23.9 Å². The third-order valence-corrected chi connectivity index (χ3v) is 4.42. The van der Waals surface area contributed by atoms with E-state index in [-0.39, 0.29) is 12.5 Å². The molecule has 0 bridgehead atoms. The van der Waals surface area contributed by atoms with E-state index in [9.17, 15) is 13.2 Å². The predicted octanol–water partition coefficient (Wildman–Crippen LogP) is 6.00. The van der Waals surface area contributed by atoms with Gasteiger partial charge in [0.05, 0.1) is 24.3 Å². The Morgan fingerprint density at radius 1 is 1.23 bits per heavy atom. The summed E-state index contributed by atoms with van der Waals surface area (Å²) in [6.07, 6.45) is 3.63. The number of azo groups is 1. The van der Waals surface area contributed by atoms with E-state index in [2.05, 4.69) is 23.2 Å². The van der Waals surface area contributed by atoms with Crippen LogP contribution in [0.15, 0.2) is 45.4 Å². The van der Waals surface area contributed by atoms with Crippen LogP contribution < -0.4 is 0 Å². The Kier molecular flexibility index (Phi) is 7.89. The summed E-state index contributed by atoms with van der Waals surface area (Å²) in [5, 5.41) is 16.4. The van der Waals surface area contributed by atoms with Crippen molar-refractivity contribution in [3.8, 4) is 6.07 Å². The molecule has 0 aromatic heterocycles. The molecule has 26 heavy (non-hydrogen) atoms. The fraction of sp³-hybridized carbons (Fsp3) is 0.632. The predicted molar refractivity (Wildman–Crippen MR) is 92.0 cm³/mol. The molecule has 0 saturated carbocycles. The Hall–Kier alpha value is -2.10. The molecule has 0 saturated heterocycles. The molecule has 0 aliphatic heterocycles. The molecule has 7 heteroatoms. The van der Waals surface area contributed by atoms with Crippen LogP contribution in [0.1, 0.15) is 51.9 Å². The van der Waals surface area contributed by atoms with Gasteiger partial charge < -0.3 is 4.74 Å². The third kappa shape index (κ3) is 5.45. The second-order valence-electron chi connectivity index (χ2n) is 6.49. The minimum absolute atomic E-state index is 0.0515. The highest BCUT2D eigenvalue weighted by Gasteiger charge is 2.36. The summed E-state index contributed by atoms with van der Waals surface area (Å²) in [6, 6.07) is 2.17. The van der Waals surface area contributed by atoms with Crippen molar-refractivity contribution < 1.29 is 17.9 Å². The minimum Gasteiger partial charge on any atom is -0.492 e. The molecule has 0 N–H and O–H groups in total. The maximum absolute atomic E-state index is 14.2. The zero-order valence-electron chi connectivity index (χ0n) is 14.9. The van der Waals surface area contributed by atoms with Crippen LogP contribution in [0, 0.1) is 17.2 Å². The standard InChI is InChI=1S/C19H24F3N3O/c1-2-3-4-5-10-26-19-15(20)11-16(17(21)18(19)22)25-24-14-8-6-13(12-23)7-9-14/h8,11,13,17-18H,2-7,9-10H2,1H3. The molecule has 0 heterocycles. The van der Waals surface area contributed by atoms with Gasteiger partial charge in [0.25, 0.3) is 0 Å². The molecular weight excluding hydrogens is 343 g/mol. The molecule has 0 aromatic carbocycles. The van der Waals surface area contributed by atoms with E-state index in [0.717, 1.165) is 25.3 Å². The normalized spacial score (nSPS) is 26.5. The van der Waals surface area contributed by atoms with E-state index in [1.165, 1.54) is 0 Å². The van der Waals surface area contributed by atoms with E-state index < -0.39 is 29.6 Å². The number of unbranched alkanes of at least 4 members (excludes halogenated alkanes) is 3. The van der Waals surface area contributed by atoms with Crippen LogP contribution in [0.4, 0.5) is 13.2 Å². The van der Waals surface area contributed by atoms with Crippen molar-refractivity contribution in [2.45, 2.75) is 64.2 Å². The van der Waals surface area contributed by atoms with Crippen molar-refractivity contribution in [3.63, 3.8) is 0 Å². The lowest BCUT2D eigenvalue weighted by Crippen LogP contribution is -2.27. The maximum atomic E-state index is 14.2. The van der Waals surface area contributed by atoms with Gasteiger partial charge in [-0.3, -0.25) is 0 Å². The summed E-state index contributed by atoms with van der Waals surface area (Å²) in [7, 11) is 0. The van der Waals surface area contributed by atoms with Crippen LogP contribution in [0.25, 0.3) is 0 Å². The van der Waals surface area contributed by atoms with E-state index in [4.69, 9.17) is 10.00 Å². The Balaban J connectivity index is 1.99. The van der Waals surface area contributed by atoms with E-state index >= 15 is 0 Å².